The SMILES string of the molecule is CCCN(NC(=O)[C@@H]1CCCN1C(=O)[C@@H](NC(=O)[C@H]([C@@H](C)CC)N(O)C(=O)[C@@H](CCC(=O)O)NC(=O)[C@H](CC(=O)O)NC(C)=O)C(C)C)C(=O)N[C@@H](C)c1ccccc1. The molecule has 1 aromatic carbocycles. The lowest BCUT2D eigenvalue weighted by Gasteiger charge is -2.35. The predicted molar refractivity (Wildman–Crippen MR) is 211 cm³/mol. The molecule has 1 fully saturated rings. The number of nitrogens with zero attached hydrogens (tertiary/aromatic N) is 3. The van der Waals surface area contributed by atoms with Gasteiger partial charge in [0.2, 0.25) is 23.6 Å². The van der Waals surface area contributed by atoms with Crippen LogP contribution >= 0.6 is 0 Å². The fraction of sp³-hybridized carbons (Fsp3) is 0.615. The van der Waals surface area contributed by atoms with E-state index < -0.39 is 115 Å². The summed E-state index contributed by atoms with van der Waals surface area (Å²) < 4.78 is 0. The first kappa shape index (κ1) is 49.4. The van der Waals surface area contributed by atoms with Crippen LogP contribution < -0.4 is 26.7 Å². The minimum absolute atomic E-state index is 0.0564. The Morgan fingerprint density at radius 3 is 2.03 bits per heavy atom. The van der Waals surface area contributed by atoms with Crippen LogP contribution in [0.5, 0.6) is 0 Å². The van der Waals surface area contributed by atoms with Crippen molar-refractivity contribution in [2.24, 2.45) is 11.8 Å². The average Bonchev–Trinajstić information content (AvgIpc) is 3.67. The summed E-state index contributed by atoms with van der Waals surface area (Å²) in [5.74, 6) is -9.59. The molecule has 1 aliphatic rings. The van der Waals surface area contributed by atoms with Gasteiger partial charge in [-0.05, 0) is 50.0 Å². The number of hydroxylamine groups is 2. The summed E-state index contributed by atoms with van der Waals surface area (Å²) in [6.07, 6.45) is -0.697. The number of carbonyl (C=O) groups is 9. The summed E-state index contributed by atoms with van der Waals surface area (Å²) in [6.45, 7) is 11.5. The van der Waals surface area contributed by atoms with Crippen molar-refractivity contribution >= 4 is 53.4 Å². The van der Waals surface area contributed by atoms with Gasteiger partial charge < -0.3 is 36.4 Å². The molecule has 0 aromatic heterocycles. The van der Waals surface area contributed by atoms with E-state index in [1.165, 1.54) is 11.8 Å². The van der Waals surface area contributed by atoms with Gasteiger partial charge in [0, 0.05) is 26.4 Å². The summed E-state index contributed by atoms with van der Waals surface area (Å²) in [5.41, 5.74) is 3.51. The topological polar surface area (TPSA) is 284 Å². The van der Waals surface area contributed by atoms with E-state index in [4.69, 9.17) is 0 Å². The van der Waals surface area contributed by atoms with Gasteiger partial charge in [-0.3, -0.25) is 49.0 Å². The van der Waals surface area contributed by atoms with Gasteiger partial charge in [-0.15, -0.1) is 0 Å². The minimum Gasteiger partial charge on any atom is -0.481 e. The highest BCUT2D eigenvalue weighted by Gasteiger charge is 2.43. The first-order valence-corrected chi connectivity index (χ1v) is 19.8. The van der Waals surface area contributed by atoms with Crippen molar-refractivity contribution in [3.8, 4) is 0 Å². The Bertz CT molecular complexity index is 1640. The van der Waals surface area contributed by atoms with E-state index in [-0.39, 0.29) is 37.0 Å². The van der Waals surface area contributed by atoms with Gasteiger partial charge in [0.15, 0.2) is 0 Å². The molecular weight excluding hydrogens is 772 g/mol. The minimum atomic E-state index is -1.78. The van der Waals surface area contributed by atoms with Crippen molar-refractivity contribution in [1.82, 2.24) is 41.7 Å². The Hall–Kier alpha value is -5.79. The van der Waals surface area contributed by atoms with Crippen molar-refractivity contribution in [2.75, 3.05) is 13.1 Å². The second-order valence-electron chi connectivity index (χ2n) is 15.0. The summed E-state index contributed by atoms with van der Waals surface area (Å²) in [4.78, 5) is 118. The average molecular weight is 833 g/mol. The fourth-order valence-electron chi connectivity index (χ4n) is 6.52. The van der Waals surface area contributed by atoms with E-state index in [0.29, 0.717) is 12.8 Å². The second-order valence-corrected chi connectivity index (χ2v) is 15.0. The Morgan fingerprint density at radius 1 is 0.847 bits per heavy atom. The van der Waals surface area contributed by atoms with Crippen LogP contribution in [0, 0.1) is 11.8 Å². The zero-order valence-electron chi connectivity index (χ0n) is 34.7. The maximum absolute atomic E-state index is 14.2. The number of rotatable bonds is 21. The first-order valence-electron chi connectivity index (χ1n) is 19.8. The number of carbonyl (C=O) groups excluding carboxylic acids is 7. The Labute approximate surface area is 343 Å². The molecule has 8 N–H and O–H groups in total. The lowest BCUT2D eigenvalue weighted by Crippen LogP contribution is -2.62. The second kappa shape index (κ2) is 23.6. The van der Waals surface area contributed by atoms with E-state index in [2.05, 4.69) is 26.7 Å². The third-order valence-corrected chi connectivity index (χ3v) is 9.92. The van der Waals surface area contributed by atoms with Crippen LogP contribution in [-0.2, 0) is 38.4 Å². The van der Waals surface area contributed by atoms with E-state index >= 15 is 0 Å². The summed E-state index contributed by atoms with van der Waals surface area (Å²) >= 11 is 0. The molecule has 7 atom stereocenters. The zero-order valence-corrected chi connectivity index (χ0v) is 34.7. The number of hydrazine groups is 1. The number of urea groups is 1. The molecule has 8 amide bonds. The van der Waals surface area contributed by atoms with Gasteiger partial charge in [-0.2, -0.15) is 0 Å². The molecule has 20 nitrogen and oxygen atoms in total. The van der Waals surface area contributed by atoms with Gasteiger partial charge in [-0.1, -0.05) is 71.4 Å². The van der Waals surface area contributed by atoms with Crippen LogP contribution in [0.25, 0.3) is 0 Å². The maximum atomic E-state index is 14.2. The largest absolute Gasteiger partial charge is 0.481 e. The van der Waals surface area contributed by atoms with Crippen molar-refractivity contribution in [2.45, 2.75) is 130 Å². The van der Waals surface area contributed by atoms with Crippen molar-refractivity contribution in [1.29, 1.82) is 0 Å². The number of carboxylic acids is 2. The zero-order chi connectivity index (χ0) is 44.6. The molecule has 0 radical (unpaired) electrons. The van der Waals surface area contributed by atoms with Gasteiger partial charge in [-0.25, -0.2) is 14.9 Å². The molecule has 0 aliphatic carbocycles. The number of hydrogen-bond donors (Lipinski definition) is 8. The van der Waals surface area contributed by atoms with Gasteiger partial charge in [0.1, 0.15) is 30.2 Å². The third kappa shape index (κ3) is 14.8. The van der Waals surface area contributed by atoms with Crippen LogP contribution in [0.15, 0.2) is 30.3 Å². The highest BCUT2D eigenvalue weighted by molar-refractivity contribution is 5.97. The molecule has 2 rings (SSSR count). The van der Waals surface area contributed by atoms with Crippen LogP contribution in [0.1, 0.15) is 105 Å². The van der Waals surface area contributed by atoms with Gasteiger partial charge in [0.25, 0.3) is 11.8 Å². The lowest BCUT2D eigenvalue weighted by atomic mass is 9.95. The predicted octanol–water partition coefficient (Wildman–Crippen LogP) is 1.29. The number of nitrogens with one attached hydrogen (secondary N) is 5. The molecule has 328 valence electrons. The maximum Gasteiger partial charge on any atom is 0.336 e. The molecule has 1 heterocycles. The molecule has 0 unspecified atom stereocenters. The molecule has 1 saturated heterocycles. The number of benzene rings is 1. The Morgan fingerprint density at radius 2 is 1.49 bits per heavy atom. The van der Waals surface area contributed by atoms with E-state index in [0.717, 1.165) is 17.5 Å². The smallest absolute Gasteiger partial charge is 0.336 e. The van der Waals surface area contributed by atoms with E-state index in [9.17, 15) is 58.6 Å². The molecule has 1 aromatic rings. The standard InChI is InChI=1S/C39H60N8O12/c1-8-19-46(39(58)40-24(6)26-14-11-10-12-15-26)44-35(54)29-16-13-20-45(29)38(57)32(22(3)4)43-36(55)33(23(5)9-2)47(59)37(56)27(17-18-30(49)50)42-34(53)28(21-31(51)52)41-25(7)48/h10-12,14-15,22-24,27-29,32-33,59H,8-9,13,16-21H2,1-7H3,(H,40,58)(H,41,48)(H,42,53)(H,43,55)(H,44,54)(H,49,50)(H,51,52)/t23-,24-,27+,28-,29-,32-,33-/m0/s1. The van der Waals surface area contributed by atoms with Gasteiger partial charge in [0.05, 0.1) is 12.5 Å². The van der Waals surface area contributed by atoms with Gasteiger partial charge >= 0.3 is 18.0 Å². The van der Waals surface area contributed by atoms with Crippen LogP contribution in [-0.4, -0.2) is 127 Å². The summed E-state index contributed by atoms with van der Waals surface area (Å²) in [6, 6.07) is 0.969. The van der Waals surface area contributed by atoms with Crippen LogP contribution in [0.4, 0.5) is 4.79 Å². The molecule has 20 heteroatoms. The van der Waals surface area contributed by atoms with Crippen molar-refractivity contribution in [3.05, 3.63) is 35.9 Å². The van der Waals surface area contributed by atoms with Crippen LogP contribution in [0.3, 0.4) is 0 Å². The van der Waals surface area contributed by atoms with Crippen molar-refractivity contribution in [3.63, 3.8) is 0 Å². The highest BCUT2D eigenvalue weighted by Crippen LogP contribution is 2.23. The Balaban J connectivity index is 2.31. The summed E-state index contributed by atoms with van der Waals surface area (Å²) in [7, 11) is 0. The number of carboxylic acid groups (broad SMARTS) is 2. The number of aliphatic carboxylic acids is 2. The molecular formula is C39H60N8O12. The molecule has 0 spiro atoms. The third-order valence-electron chi connectivity index (χ3n) is 9.92. The van der Waals surface area contributed by atoms with Crippen molar-refractivity contribution < 1.29 is 58.6 Å². The number of amides is 8. The first-order chi connectivity index (χ1) is 27.7. The number of likely N-dealkylation sites (tertiary alicyclic amines) is 1. The van der Waals surface area contributed by atoms with E-state index in [1.807, 2.05) is 37.3 Å². The number of hydrogen-bond acceptors (Lipinski definition) is 10. The normalized spacial score (nSPS) is 16.6. The fourth-order valence-corrected chi connectivity index (χ4v) is 6.52. The molecule has 1 aliphatic heterocycles. The molecule has 0 saturated carbocycles. The summed E-state index contributed by atoms with van der Waals surface area (Å²) in [5, 5.41) is 40.9. The molecule has 59 heavy (non-hydrogen) atoms. The Kier molecular flexibility index (Phi) is 19.7. The lowest BCUT2D eigenvalue weighted by molar-refractivity contribution is -0.187. The highest BCUT2D eigenvalue weighted by atomic mass is 16.5. The monoisotopic (exact) mass is 832 g/mol. The van der Waals surface area contributed by atoms with Crippen LogP contribution in [0.2, 0.25) is 0 Å². The molecule has 0 bridgehead atoms. The quantitative estimate of drug-likeness (QED) is 0.0643. The van der Waals surface area contributed by atoms with E-state index in [1.54, 1.807) is 27.7 Å².